The summed E-state index contributed by atoms with van der Waals surface area (Å²) in [4.78, 5) is 21.1. The zero-order valence-electron chi connectivity index (χ0n) is 15.8. The van der Waals surface area contributed by atoms with Crippen molar-refractivity contribution in [3.63, 3.8) is 0 Å². The largest absolute Gasteiger partial charge is 0.416 e. The van der Waals surface area contributed by atoms with Gasteiger partial charge in [0.15, 0.2) is 0 Å². The fourth-order valence-corrected chi connectivity index (χ4v) is 4.96. The lowest BCUT2D eigenvalue weighted by Gasteiger charge is -2.40. The number of rotatable bonds is 2. The van der Waals surface area contributed by atoms with Gasteiger partial charge in [0, 0.05) is 31.9 Å². The monoisotopic (exact) mass is 397 g/mol. The number of aromatic nitrogens is 1. The average Bonchev–Trinajstić information content (AvgIpc) is 2.99. The molecule has 1 aromatic heterocycles. The lowest BCUT2D eigenvalue weighted by Crippen LogP contribution is -2.47. The molecule has 1 aliphatic carbocycles. The van der Waals surface area contributed by atoms with Gasteiger partial charge in [-0.2, -0.15) is 13.2 Å². The molecule has 0 atom stereocenters. The highest BCUT2D eigenvalue weighted by molar-refractivity contribution is 5.85. The van der Waals surface area contributed by atoms with E-state index in [9.17, 15) is 23.1 Å². The first kappa shape index (κ1) is 19.5. The van der Waals surface area contributed by atoms with E-state index in [1.807, 2.05) is 9.80 Å². The van der Waals surface area contributed by atoms with Gasteiger partial charge in [-0.1, -0.05) is 0 Å². The molecular formula is C20H26F3N3O2. The summed E-state index contributed by atoms with van der Waals surface area (Å²) < 4.78 is 38.9. The summed E-state index contributed by atoms with van der Waals surface area (Å²) in [5.41, 5.74) is -1.07. The molecule has 1 N–H and O–H groups in total. The van der Waals surface area contributed by atoms with Crippen LogP contribution in [0.2, 0.25) is 0 Å². The van der Waals surface area contributed by atoms with E-state index in [-0.39, 0.29) is 23.5 Å². The predicted molar refractivity (Wildman–Crippen MR) is 97.7 cm³/mol. The summed E-state index contributed by atoms with van der Waals surface area (Å²) in [6.45, 7) is 1.83. The Kier molecular flexibility index (Phi) is 5.02. The van der Waals surface area contributed by atoms with Crippen molar-refractivity contribution in [2.45, 2.75) is 63.3 Å². The first-order valence-electron chi connectivity index (χ1n) is 10.1. The molecule has 3 fully saturated rings. The molecule has 1 spiro atoms. The number of alkyl halides is 3. The number of carbonyl (C=O) groups excluding carboxylic acids is 1. The van der Waals surface area contributed by atoms with Crippen LogP contribution in [0.25, 0.3) is 0 Å². The number of carbonyl (C=O) groups is 1. The Morgan fingerprint density at radius 1 is 1.07 bits per heavy atom. The molecular weight excluding hydrogens is 371 g/mol. The summed E-state index contributed by atoms with van der Waals surface area (Å²) >= 11 is 0. The number of aliphatic hydroxyl groups excluding tert-OH is 1. The van der Waals surface area contributed by atoms with E-state index in [0.717, 1.165) is 50.8 Å². The van der Waals surface area contributed by atoms with E-state index in [0.29, 0.717) is 31.7 Å². The molecule has 2 saturated heterocycles. The third-order valence-corrected chi connectivity index (χ3v) is 6.77. The number of piperidine rings is 1. The molecule has 0 radical (unpaired) electrons. The van der Waals surface area contributed by atoms with E-state index in [2.05, 4.69) is 4.98 Å². The fourth-order valence-electron chi connectivity index (χ4n) is 4.96. The predicted octanol–water partition coefficient (Wildman–Crippen LogP) is 3.22. The number of hydrogen-bond donors (Lipinski definition) is 1. The highest BCUT2D eigenvalue weighted by Crippen LogP contribution is 2.44. The van der Waals surface area contributed by atoms with Gasteiger partial charge < -0.3 is 14.9 Å². The van der Waals surface area contributed by atoms with Gasteiger partial charge in [0.05, 0.1) is 17.1 Å². The van der Waals surface area contributed by atoms with Crippen molar-refractivity contribution in [3.8, 4) is 0 Å². The molecule has 154 valence electrons. The van der Waals surface area contributed by atoms with Gasteiger partial charge in [0.25, 0.3) is 0 Å². The van der Waals surface area contributed by atoms with Crippen LogP contribution in [0, 0.1) is 5.41 Å². The third-order valence-electron chi connectivity index (χ3n) is 6.77. The van der Waals surface area contributed by atoms with Crippen molar-refractivity contribution in [1.29, 1.82) is 0 Å². The Morgan fingerprint density at radius 2 is 1.71 bits per heavy atom. The number of likely N-dealkylation sites (tertiary alicyclic amines) is 1. The summed E-state index contributed by atoms with van der Waals surface area (Å²) in [7, 11) is 0. The maximum Gasteiger partial charge on any atom is 0.416 e. The number of anilines is 1. The van der Waals surface area contributed by atoms with Crippen LogP contribution in [0.3, 0.4) is 0 Å². The maximum atomic E-state index is 13.2. The van der Waals surface area contributed by atoms with Crippen molar-refractivity contribution in [2.24, 2.45) is 5.41 Å². The number of aliphatic hydroxyl groups is 1. The van der Waals surface area contributed by atoms with Gasteiger partial charge in [-0.05, 0) is 57.1 Å². The number of pyridine rings is 1. The quantitative estimate of drug-likeness (QED) is 0.833. The Labute approximate surface area is 162 Å². The summed E-state index contributed by atoms with van der Waals surface area (Å²) in [6.07, 6.45) is 1.87. The van der Waals surface area contributed by atoms with Crippen LogP contribution >= 0.6 is 0 Å². The zero-order chi connectivity index (χ0) is 19.9. The van der Waals surface area contributed by atoms with Crippen molar-refractivity contribution in [2.75, 3.05) is 24.5 Å². The van der Waals surface area contributed by atoms with E-state index >= 15 is 0 Å². The van der Waals surface area contributed by atoms with E-state index in [4.69, 9.17) is 0 Å². The molecule has 4 rings (SSSR count). The Bertz CT molecular complexity index is 724. The Balaban J connectivity index is 1.41. The minimum absolute atomic E-state index is 0.200. The van der Waals surface area contributed by atoms with Crippen LogP contribution in [0.15, 0.2) is 18.3 Å². The molecule has 28 heavy (non-hydrogen) atoms. The molecule has 3 heterocycles. The van der Waals surface area contributed by atoms with E-state index in [1.165, 1.54) is 6.20 Å². The number of hydrogen-bond acceptors (Lipinski definition) is 4. The molecule has 1 amide bonds. The first-order valence-corrected chi connectivity index (χ1v) is 10.1. The zero-order valence-corrected chi connectivity index (χ0v) is 15.8. The van der Waals surface area contributed by atoms with Crippen molar-refractivity contribution < 1.29 is 23.1 Å². The lowest BCUT2D eigenvalue weighted by molar-refractivity contribution is -0.140. The van der Waals surface area contributed by atoms with Crippen molar-refractivity contribution in [3.05, 3.63) is 23.9 Å². The number of nitrogens with zero attached hydrogens (tertiary/aromatic N) is 3. The minimum atomic E-state index is -4.38. The second-order valence-electron chi connectivity index (χ2n) is 8.38. The molecule has 0 unspecified atom stereocenters. The lowest BCUT2D eigenvalue weighted by atomic mass is 9.77. The van der Waals surface area contributed by atoms with Crippen LogP contribution in [0.5, 0.6) is 0 Å². The van der Waals surface area contributed by atoms with Crippen molar-refractivity contribution in [1.82, 2.24) is 9.88 Å². The molecule has 0 bridgehead atoms. The average molecular weight is 397 g/mol. The topological polar surface area (TPSA) is 56.7 Å². The van der Waals surface area contributed by atoms with E-state index in [1.54, 1.807) is 0 Å². The normalized spacial score (nSPS) is 28.2. The Hall–Kier alpha value is -1.83. The standard InChI is InChI=1S/C20H26F3N3O2/c21-20(22,23)14-5-9-24-17(13-14)25-10-6-19(7-11-25)8-12-26(18(19)28)15-1-3-16(27)4-2-15/h5,9,13,15-16,27H,1-4,6-8,10-12H2. The minimum Gasteiger partial charge on any atom is -0.393 e. The van der Waals surface area contributed by atoms with Gasteiger partial charge in [-0.25, -0.2) is 4.98 Å². The first-order chi connectivity index (χ1) is 13.3. The van der Waals surface area contributed by atoms with Gasteiger partial charge in [-0.15, -0.1) is 0 Å². The molecule has 3 aliphatic rings. The second kappa shape index (κ2) is 7.21. The second-order valence-corrected chi connectivity index (χ2v) is 8.38. The number of halogens is 3. The van der Waals surface area contributed by atoms with Crippen molar-refractivity contribution >= 4 is 11.7 Å². The van der Waals surface area contributed by atoms with Gasteiger partial charge >= 0.3 is 6.18 Å². The highest BCUT2D eigenvalue weighted by atomic mass is 19.4. The van der Waals surface area contributed by atoms with Crippen LogP contribution in [-0.2, 0) is 11.0 Å². The summed E-state index contributed by atoms with van der Waals surface area (Å²) in [5, 5.41) is 9.70. The summed E-state index contributed by atoms with van der Waals surface area (Å²) in [5.74, 6) is 0.527. The third kappa shape index (κ3) is 3.58. The molecule has 8 heteroatoms. The van der Waals surface area contributed by atoms with Crippen LogP contribution in [-0.4, -0.2) is 52.7 Å². The highest BCUT2D eigenvalue weighted by Gasteiger charge is 2.50. The van der Waals surface area contributed by atoms with Gasteiger partial charge in [-0.3, -0.25) is 4.79 Å². The molecule has 0 aromatic carbocycles. The molecule has 1 aromatic rings. The SMILES string of the molecule is O=C1N(C2CCC(O)CC2)CCC12CCN(c1cc(C(F)(F)F)ccn1)CC2. The smallest absolute Gasteiger partial charge is 0.393 e. The Morgan fingerprint density at radius 3 is 2.36 bits per heavy atom. The fraction of sp³-hybridized carbons (Fsp3) is 0.700. The van der Waals surface area contributed by atoms with Gasteiger partial charge in [0.1, 0.15) is 5.82 Å². The molecule has 1 saturated carbocycles. The number of amides is 1. The molecule has 2 aliphatic heterocycles. The molecule has 5 nitrogen and oxygen atoms in total. The summed E-state index contributed by atoms with van der Waals surface area (Å²) in [6, 6.07) is 2.29. The maximum absolute atomic E-state index is 13.2. The van der Waals surface area contributed by atoms with Gasteiger partial charge in [0.2, 0.25) is 5.91 Å². The van der Waals surface area contributed by atoms with E-state index < -0.39 is 11.7 Å². The van der Waals surface area contributed by atoms with Crippen LogP contribution < -0.4 is 4.90 Å². The van der Waals surface area contributed by atoms with Crippen LogP contribution in [0.4, 0.5) is 19.0 Å². The van der Waals surface area contributed by atoms with Crippen LogP contribution in [0.1, 0.15) is 50.5 Å².